The van der Waals surface area contributed by atoms with E-state index in [4.69, 9.17) is 0 Å². The lowest BCUT2D eigenvalue weighted by molar-refractivity contribution is 0.102. The Bertz CT molecular complexity index is 633. The third-order valence-electron chi connectivity index (χ3n) is 3.47. The second kappa shape index (κ2) is 4.78. The van der Waals surface area contributed by atoms with Gasteiger partial charge in [0, 0.05) is 19.2 Å². The van der Waals surface area contributed by atoms with Crippen molar-refractivity contribution in [1.29, 1.82) is 0 Å². The molecule has 3 rings (SSSR count). The van der Waals surface area contributed by atoms with E-state index >= 15 is 0 Å². The van der Waals surface area contributed by atoms with Crippen molar-refractivity contribution in [1.82, 2.24) is 4.98 Å². The molecule has 0 bridgehead atoms. The molecule has 2 heterocycles. The summed E-state index contributed by atoms with van der Waals surface area (Å²) in [4.78, 5) is 19.1. The van der Waals surface area contributed by atoms with Gasteiger partial charge in [-0.2, -0.15) is 0 Å². The molecule has 19 heavy (non-hydrogen) atoms. The van der Waals surface area contributed by atoms with Crippen LogP contribution in [0.1, 0.15) is 32.9 Å². The molecule has 1 aromatic heterocycles. The Hall–Kier alpha value is -1.68. The molecule has 0 radical (unpaired) electrons. The average Bonchev–Trinajstić information content (AvgIpc) is 2.95. The van der Waals surface area contributed by atoms with Crippen LogP contribution >= 0.6 is 11.3 Å². The topological polar surface area (TPSA) is 33.2 Å². The van der Waals surface area contributed by atoms with E-state index in [1.165, 1.54) is 22.6 Å². The van der Waals surface area contributed by atoms with E-state index in [1.807, 2.05) is 6.92 Å². The third-order valence-corrected chi connectivity index (χ3v) is 4.71. The second-order valence-corrected chi connectivity index (χ2v) is 5.96. The number of aromatic nitrogens is 1. The Kier molecular flexibility index (Phi) is 3.11. The monoisotopic (exact) mass is 272 g/mol. The zero-order valence-electron chi connectivity index (χ0n) is 11.1. The van der Waals surface area contributed by atoms with Crippen molar-refractivity contribution in [2.45, 2.75) is 26.8 Å². The summed E-state index contributed by atoms with van der Waals surface area (Å²) in [5.41, 5.74) is 3.57. The molecule has 0 atom stereocenters. The summed E-state index contributed by atoms with van der Waals surface area (Å²) in [7, 11) is 0. The molecular weight excluding hydrogens is 256 g/mol. The summed E-state index contributed by atoms with van der Waals surface area (Å²) in [6, 6.07) is 8.51. The van der Waals surface area contributed by atoms with Crippen molar-refractivity contribution in [2.24, 2.45) is 0 Å². The minimum absolute atomic E-state index is 0.114. The van der Waals surface area contributed by atoms with E-state index in [2.05, 4.69) is 34.1 Å². The molecule has 2 aromatic rings. The minimum Gasteiger partial charge on any atom is -0.364 e. The highest BCUT2D eigenvalue weighted by Gasteiger charge is 2.20. The van der Waals surface area contributed by atoms with Crippen molar-refractivity contribution >= 4 is 22.8 Å². The van der Waals surface area contributed by atoms with Crippen LogP contribution < -0.4 is 4.90 Å². The molecule has 0 aliphatic carbocycles. The molecule has 0 saturated carbocycles. The molecule has 1 aromatic carbocycles. The minimum atomic E-state index is 0.114. The quantitative estimate of drug-likeness (QED) is 0.804. The maximum absolute atomic E-state index is 11.5. The van der Waals surface area contributed by atoms with Gasteiger partial charge in [-0.1, -0.05) is 18.2 Å². The van der Waals surface area contributed by atoms with Crippen molar-refractivity contribution < 1.29 is 4.79 Å². The molecule has 0 fully saturated rings. The highest BCUT2D eigenvalue weighted by molar-refractivity contribution is 7.13. The maximum atomic E-state index is 11.5. The summed E-state index contributed by atoms with van der Waals surface area (Å²) in [6.45, 7) is 5.35. The van der Waals surface area contributed by atoms with Crippen LogP contribution in [0.5, 0.6) is 0 Å². The molecule has 0 spiro atoms. The Labute approximate surface area is 116 Å². The number of ketones is 1. The lowest BCUT2D eigenvalue weighted by atomic mass is 10.2. The molecular formula is C15H16N2OS. The van der Waals surface area contributed by atoms with Gasteiger partial charge in [-0.15, -0.1) is 11.3 Å². The van der Waals surface area contributed by atoms with Gasteiger partial charge in [0.2, 0.25) is 0 Å². The lowest BCUT2D eigenvalue weighted by Crippen LogP contribution is -2.19. The molecule has 3 nitrogen and oxygen atoms in total. The van der Waals surface area contributed by atoms with Crippen LogP contribution in [0.2, 0.25) is 0 Å². The number of aryl methyl sites for hydroxylation is 1. The fourth-order valence-corrected chi connectivity index (χ4v) is 3.56. The number of anilines is 1. The number of thiazole rings is 1. The third kappa shape index (κ3) is 2.28. The Morgan fingerprint density at radius 1 is 1.42 bits per heavy atom. The van der Waals surface area contributed by atoms with Crippen LogP contribution in [0.25, 0.3) is 0 Å². The number of fused-ring (bicyclic) bond motifs is 1. The van der Waals surface area contributed by atoms with Gasteiger partial charge in [-0.3, -0.25) is 4.79 Å². The van der Waals surface area contributed by atoms with Crippen LogP contribution in [0.15, 0.2) is 24.3 Å². The fourth-order valence-electron chi connectivity index (χ4n) is 2.58. The van der Waals surface area contributed by atoms with Gasteiger partial charge in [0.15, 0.2) is 5.78 Å². The number of benzene rings is 1. The summed E-state index contributed by atoms with van der Waals surface area (Å²) >= 11 is 1.53. The van der Waals surface area contributed by atoms with Crippen molar-refractivity contribution in [3.63, 3.8) is 0 Å². The van der Waals surface area contributed by atoms with Crippen LogP contribution in [0.3, 0.4) is 0 Å². The van der Waals surface area contributed by atoms with Crippen molar-refractivity contribution in [3.8, 4) is 0 Å². The first-order chi connectivity index (χ1) is 9.15. The molecule has 1 aliphatic rings. The highest BCUT2D eigenvalue weighted by Crippen LogP contribution is 2.30. The lowest BCUT2D eigenvalue weighted by Gasteiger charge is -2.17. The van der Waals surface area contributed by atoms with Crippen LogP contribution in [-0.2, 0) is 13.0 Å². The Balaban J connectivity index is 1.84. The number of nitrogens with zero attached hydrogens (tertiary/aromatic N) is 2. The predicted molar refractivity (Wildman–Crippen MR) is 78.1 cm³/mol. The zero-order valence-corrected chi connectivity index (χ0v) is 12.0. The normalized spacial score (nSPS) is 13.7. The molecule has 0 N–H and O–H groups in total. The van der Waals surface area contributed by atoms with Gasteiger partial charge < -0.3 is 4.90 Å². The van der Waals surface area contributed by atoms with Gasteiger partial charge in [0.1, 0.15) is 5.01 Å². The fraction of sp³-hybridized carbons (Fsp3) is 0.333. The van der Waals surface area contributed by atoms with Crippen molar-refractivity contribution in [3.05, 3.63) is 45.4 Å². The molecule has 0 saturated heterocycles. The summed E-state index contributed by atoms with van der Waals surface area (Å²) in [5, 5.41) is 1.03. The van der Waals surface area contributed by atoms with Crippen LogP contribution in [0.4, 0.5) is 5.69 Å². The van der Waals surface area contributed by atoms with E-state index in [0.29, 0.717) is 0 Å². The molecule has 98 valence electrons. The zero-order chi connectivity index (χ0) is 13.4. The van der Waals surface area contributed by atoms with Crippen LogP contribution in [0, 0.1) is 6.92 Å². The smallest absolute Gasteiger partial charge is 0.171 e. The molecule has 0 amide bonds. The molecule has 4 heteroatoms. The van der Waals surface area contributed by atoms with E-state index < -0.39 is 0 Å². The molecule has 1 aliphatic heterocycles. The number of para-hydroxylation sites is 1. The van der Waals surface area contributed by atoms with Gasteiger partial charge in [0.05, 0.1) is 17.1 Å². The number of Topliss-reactive ketones (excluding diaryl/α,β-unsaturated/α-hetero) is 1. The summed E-state index contributed by atoms with van der Waals surface area (Å²) in [5.74, 6) is 0.114. The summed E-state index contributed by atoms with van der Waals surface area (Å²) < 4.78 is 0. The number of rotatable bonds is 3. The first kappa shape index (κ1) is 12.4. The van der Waals surface area contributed by atoms with Gasteiger partial charge in [-0.25, -0.2) is 4.98 Å². The maximum Gasteiger partial charge on any atom is 0.171 e. The predicted octanol–water partition coefficient (Wildman–Crippen LogP) is 3.22. The van der Waals surface area contributed by atoms with Gasteiger partial charge >= 0.3 is 0 Å². The number of hydrogen-bond donors (Lipinski definition) is 0. The first-order valence-electron chi connectivity index (χ1n) is 6.45. The largest absolute Gasteiger partial charge is 0.364 e. The number of hydrogen-bond acceptors (Lipinski definition) is 4. The van der Waals surface area contributed by atoms with E-state index in [0.717, 1.165) is 35.1 Å². The second-order valence-electron chi connectivity index (χ2n) is 4.88. The van der Waals surface area contributed by atoms with Crippen LogP contribution in [-0.4, -0.2) is 17.3 Å². The number of carbonyl (C=O) groups is 1. The average molecular weight is 272 g/mol. The Morgan fingerprint density at radius 3 is 2.95 bits per heavy atom. The van der Waals surface area contributed by atoms with Crippen molar-refractivity contribution in [2.75, 3.05) is 11.4 Å². The van der Waals surface area contributed by atoms with E-state index in [-0.39, 0.29) is 5.78 Å². The Morgan fingerprint density at radius 2 is 2.21 bits per heavy atom. The van der Waals surface area contributed by atoms with Gasteiger partial charge in [-0.05, 0) is 25.0 Å². The first-order valence-corrected chi connectivity index (χ1v) is 7.27. The van der Waals surface area contributed by atoms with E-state index in [1.54, 1.807) is 6.92 Å². The van der Waals surface area contributed by atoms with Gasteiger partial charge in [0.25, 0.3) is 0 Å². The SMILES string of the molecule is CC(=O)c1sc(CN2CCc3ccccc32)nc1C. The molecule has 0 unspecified atom stereocenters. The van der Waals surface area contributed by atoms with E-state index in [9.17, 15) is 4.79 Å². The summed E-state index contributed by atoms with van der Waals surface area (Å²) in [6.07, 6.45) is 1.10. The highest BCUT2D eigenvalue weighted by atomic mass is 32.1. The standard InChI is InChI=1S/C15H16N2OS/c1-10-15(11(2)18)19-14(16-10)9-17-8-7-12-5-3-4-6-13(12)17/h3-6H,7-9H2,1-2H3. The number of carbonyl (C=O) groups excluding carboxylic acids is 1.